The van der Waals surface area contributed by atoms with Gasteiger partial charge in [-0.3, -0.25) is 0 Å². The van der Waals surface area contributed by atoms with Crippen LogP contribution in [0.2, 0.25) is 0 Å². The monoisotopic (exact) mass is 337 g/mol. The zero-order valence-corrected chi connectivity index (χ0v) is 14.2. The summed E-state index contributed by atoms with van der Waals surface area (Å²) in [5.74, 6) is -0.464. The van der Waals surface area contributed by atoms with Crippen LogP contribution in [0.3, 0.4) is 0 Å². The van der Waals surface area contributed by atoms with Gasteiger partial charge >= 0.3 is 5.97 Å². The highest BCUT2D eigenvalue weighted by Crippen LogP contribution is 2.26. The first-order valence-corrected chi connectivity index (χ1v) is 7.31. The molecular weight excluding hydrogens is 321 g/mol. The van der Waals surface area contributed by atoms with Crippen molar-refractivity contribution < 1.29 is 9.53 Å². The predicted molar refractivity (Wildman–Crippen MR) is 85.0 cm³/mol. The molecule has 3 nitrogen and oxygen atoms in total. The number of rotatable bonds is 4. The minimum Gasteiger partial charge on any atom is -0.460 e. The zero-order chi connectivity index (χ0) is 15.5. The van der Waals surface area contributed by atoms with Crippen LogP contribution in [0.4, 0.5) is 5.69 Å². The fraction of sp³-hybridized carbons (Fsp3) is 0.500. The van der Waals surface area contributed by atoms with E-state index in [9.17, 15) is 4.79 Å². The van der Waals surface area contributed by atoms with Gasteiger partial charge in [-0.05, 0) is 50.5 Å². The molecule has 1 N–H and O–H groups in total. The third kappa shape index (κ3) is 5.39. The van der Waals surface area contributed by atoms with Gasteiger partial charge in [0.25, 0.3) is 0 Å². The number of nitrogens with one attached hydrogen (secondary N) is 1. The number of aryl methyl sites for hydroxylation is 3. The Hall–Kier alpha value is -0.640. The van der Waals surface area contributed by atoms with E-state index in [0.29, 0.717) is 0 Å². The second-order valence-corrected chi connectivity index (χ2v) is 7.36. The molecule has 0 saturated heterocycles. The highest BCUT2D eigenvalue weighted by molar-refractivity contribution is 6.67. The van der Waals surface area contributed by atoms with Crippen molar-refractivity contribution in [1.29, 1.82) is 0 Å². The van der Waals surface area contributed by atoms with Crippen LogP contribution >= 0.6 is 34.8 Å². The molecule has 0 bridgehead atoms. The molecule has 1 aromatic rings. The van der Waals surface area contributed by atoms with Crippen molar-refractivity contribution in [3.8, 4) is 0 Å². The van der Waals surface area contributed by atoms with Crippen molar-refractivity contribution in [2.45, 2.75) is 37.5 Å². The highest BCUT2D eigenvalue weighted by atomic mass is 35.6. The number of benzene rings is 1. The Balaban J connectivity index is 2.69. The maximum atomic E-state index is 11.8. The summed E-state index contributed by atoms with van der Waals surface area (Å²) in [4.78, 5) is 11.8. The summed E-state index contributed by atoms with van der Waals surface area (Å²) in [5, 5.41) is 3.11. The van der Waals surface area contributed by atoms with Gasteiger partial charge in [-0.25, -0.2) is 4.79 Å². The van der Waals surface area contributed by atoms with E-state index in [4.69, 9.17) is 39.5 Å². The third-order valence-electron chi connectivity index (χ3n) is 2.94. The SMILES string of the molecule is Cc1cc(C)c(N[C@@H](C)C(=O)OCC(Cl)(Cl)Cl)cc1C. The van der Waals surface area contributed by atoms with Gasteiger partial charge in [-0.1, -0.05) is 40.9 Å². The molecule has 0 spiro atoms. The van der Waals surface area contributed by atoms with Crippen LogP contribution in [0.1, 0.15) is 23.6 Å². The van der Waals surface area contributed by atoms with Crippen LogP contribution in [0.25, 0.3) is 0 Å². The molecule has 0 heterocycles. The number of ether oxygens (including phenoxy) is 1. The molecule has 0 radical (unpaired) electrons. The van der Waals surface area contributed by atoms with Gasteiger partial charge in [0.15, 0.2) is 0 Å². The van der Waals surface area contributed by atoms with E-state index in [0.717, 1.165) is 16.8 Å². The van der Waals surface area contributed by atoms with Crippen LogP contribution in [0.5, 0.6) is 0 Å². The van der Waals surface area contributed by atoms with Crippen molar-refractivity contribution in [2.75, 3.05) is 11.9 Å². The lowest BCUT2D eigenvalue weighted by molar-refractivity contribution is -0.144. The Morgan fingerprint density at radius 2 is 1.75 bits per heavy atom. The number of hydrogen-bond donors (Lipinski definition) is 1. The maximum absolute atomic E-state index is 11.8. The van der Waals surface area contributed by atoms with E-state index in [1.54, 1.807) is 6.92 Å². The molecule has 0 aliphatic carbocycles. The molecule has 0 amide bonds. The lowest BCUT2D eigenvalue weighted by Crippen LogP contribution is -2.31. The summed E-state index contributed by atoms with van der Waals surface area (Å²) in [6.45, 7) is 7.48. The number of esters is 1. The van der Waals surface area contributed by atoms with Gasteiger partial charge in [0.05, 0.1) is 0 Å². The highest BCUT2D eigenvalue weighted by Gasteiger charge is 2.24. The molecule has 1 rings (SSSR count). The minimum atomic E-state index is -1.59. The quantitative estimate of drug-likeness (QED) is 0.656. The molecule has 0 aromatic heterocycles. The Kier molecular flexibility index (Phi) is 5.99. The van der Waals surface area contributed by atoms with Crippen LogP contribution in [0.15, 0.2) is 12.1 Å². The largest absolute Gasteiger partial charge is 0.460 e. The summed E-state index contributed by atoms with van der Waals surface area (Å²) < 4.78 is 3.35. The van der Waals surface area contributed by atoms with Crippen LogP contribution in [-0.2, 0) is 9.53 Å². The Bertz CT molecular complexity index is 498. The fourth-order valence-corrected chi connectivity index (χ4v) is 1.85. The van der Waals surface area contributed by atoms with E-state index in [1.165, 1.54) is 5.56 Å². The van der Waals surface area contributed by atoms with Crippen molar-refractivity contribution in [3.05, 3.63) is 28.8 Å². The maximum Gasteiger partial charge on any atom is 0.328 e. The van der Waals surface area contributed by atoms with Gasteiger partial charge in [0, 0.05) is 5.69 Å². The molecule has 0 fully saturated rings. The van der Waals surface area contributed by atoms with Crippen LogP contribution in [0, 0.1) is 20.8 Å². The van der Waals surface area contributed by atoms with Crippen LogP contribution < -0.4 is 5.32 Å². The van der Waals surface area contributed by atoms with Gasteiger partial charge < -0.3 is 10.1 Å². The predicted octanol–water partition coefficient (Wildman–Crippen LogP) is 4.33. The third-order valence-corrected chi connectivity index (χ3v) is 3.27. The summed E-state index contributed by atoms with van der Waals surface area (Å²) in [7, 11) is 0. The van der Waals surface area contributed by atoms with E-state index in [-0.39, 0.29) is 6.61 Å². The molecule has 6 heteroatoms. The first kappa shape index (κ1) is 17.4. The number of halogens is 3. The molecular formula is C14H18Cl3NO2. The lowest BCUT2D eigenvalue weighted by atomic mass is 10.0. The van der Waals surface area contributed by atoms with Gasteiger partial charge in [0.2, 0.25) is 3.79 Å². The average Bonchev–Trinajstić information content (AvgIpc) is 2.31. The van der Waals surface area contributed by atoms with E-state index in [2.05, 4.69) is 11.4 Å². The molecule has 0 saturated carbocycles. The first-order valence-electron chi connectivity index (χ1n) is 6.18. The molecule has 0 aliphatic rings. The Morgan fingerprint density at radius 1 is 1.20 bits per heavy atom. The normalized spacial score (nSPS) is 12.9. The smallest absolute Gasteiger partial charge is 0.328 e. The van der Waals surface area contributed by atoms with E-state index >= 15 is 0 Å². The molecule has 112 valence electrons. The number of hydrogen-bond acceptors (Lipinski definition) is 3. The van der Waals surface area contributed by atoms with Gasteiger partial charge in [-0.15, -0.1) is 0 Å². The second-order valence-electron chi connectivity index (χ2n) is 4.84. The first-order chi connectivity index (χ1) is 9.10. The number of carbonyl (C=O) groups is 1. The second kappa shape index (κ2) is 6.88. The summed E-state index contributed by atoms with van der Waals surface area (Å²) in [5.41, 5.74) is 4.32. The van der Waals surface area contributed by atoms with E-state index in [1.807, 2.05) is 26.8 Å². The fourth-order valence-electron chi connectivity index (χ4n) is 1.69. The van der Waals surface area contributed by atoms with Crippen molar-refractivity contribution in [3.63, 3.8) is 0 Å². The molecule has 1 aromatic carbocycles. The van der Waals surface area contributed by atoms with Crippen molar-refractivity contribution >= 4 is 46.5 Å². The molecule has 1 atom stereocenters. The van der Waals surface area contributed by atoms with Crippen molar-refractivity contribution in [1.82, 2.24) is 0 Å². The summed E-state index contributed by atoms with van der Waals surface area (Å²) >= 11 is 16.6. The zero-order valence-electron chi connectivity index (χ0n) is 11.9. The number of alkyl halides is 3. The standard InChI is InChI=1S/C14H18Cl3NO2/c1-8-5-10(3)12(6-9(8)2)18-11(4)13(19)20-7-14(15,16)17/h5-6,11,18H,7H2,1-4H3/t11-/m0/s1. The van der Waals surface area contributed by atoms with Gasteiger partial charge in [-0.2, -0.15) is 0 Å². The Morgan fingerprint density at radius 3 is 2.30 bits per heavy atom. The van der Waals surface area contributed by atoms with Crippen molar-refractivity contribution in [2.24, 2.45) is 0 Å². The summed E-state index contributed by atoms with van der Waals surface area (Å²) in [6, 6.07) is 3.55. The molecule has 0 aliphatic heterocycles. The number of anilines is 1. The van der Waals surface area contributed by atoms with E-state index < -0.39 is 15.8 Å². The van der Waals surface area contributed by atoms with Gasteiger partial charge in [0.1, 0.15) is 12.6 Å². The number of carbonyl (C=O) groups excluding carboxylic acids is 1. The topological polar surface area (TPSA) is 38.3 Å². The molecule has 0 unspecified atom stereocenters. The van der Waals surface area contributed by atoms with Crippen LogP contribution in [-0.4, -0.2) is 22.4 Å². The average molecular weight is 339 g/mol. The Labute approximate surface area is 134 Å². The lowest BCUT2D eigenvalue weighted by Gasteiger charge is -2.19. The molecule has 20 heavy (non-hydrogen) atoms. The minimum absolute atomic E-state index is 0.269. The summed E-state index contributed by atoms with van der Waals surface area (Å²) in [6.07, 6.45) is 0.